The van der Waals surface area contributed by atoms with Crippen molar-refractivity contribution in [3.8, 4) is 0 Å². The summed E-state index contributed by atoms with van der Waals surface area (Å²) in [5, 5.41) is 3.02. The van der Waals surface area contributed by atoms with Gasteiger partial charge in [0.05, 0.1) is 0 Å². The summed E-state index contributed by atoms with van der Waals surface area (Å²) in [5.41, 5.74) is 2.18. The quantitative estimate of drug-likeness (QED) is 0.839. The van der Waals surface area contributed by atoms with E-state index in [4.69, 9.17) is 0 Å². The fourth-order valence-corrected chi connectivity index (χ4v) is 1.46. The van der Waals surface area contributed by atoms with E-state index in [1.807, 2.05) is 25.1 Å². The van der Waals surface area contributed by atoms with Crippen LogP contribution in [-0.2, 0) is 0 Å². The third-order valence-corrected chi connectivity index (χ3v) is 2.28. The zero-order valence-electron chi connectivity index (χ0n) is 6.90. The van der Waals surface area contributed by atoms with Gasteiger partial charge in [-0.1, -0.05) is 6.07 Å². The van der Waals surface area contributed by atoms with Gasteiger partial charge in [-0.05, 0) is 47.2 Å². The van der Waals surface area contributed by atoms with Gasteiger partial charge in [-0.15, -0.1) is 0 Å². The second-order valence-corrected chi connectivity index (χ2v) is 3.82. The number of anilines is 1. The van der Waals surface area contributed by atoms with Crippen molar-refractivity contribution in [3.63, 3.8) is 0 Å². The van der Waals surface area contributed by atoms with Gasteiger partial charge in [0.15, 0.2) is 0 Å². The van der Waals surface area contributed by atoms with Crippen LogP contribution in [0.4, 0.5) is 10.1 Å². The fraction of sp³-hybridized carbons (Fsp3) is 0.333. The summed E-state index contributed by atoms with van der Waals surface area (Å²) >= 11 is 2.24. The maximum atomic E-state index is 11.8. The Hall–Kier alpha value is -0.320. The Balaban J connectivity index is 2.75. The Bertz CT molecular complexity index is 263. The van der Waals surface area contributed by atoms with Crippen LogP contribution in [0.1, 0.15) is 5.56 Å². The van der Waals surface area contributed by atoms with Crippen LogP contribution in [0.3, 0.4) is 0 Å². The number of aryl methyl sites for hydroxylation is 1. The maximum absolute atomic E-state index is 11.8. The molecule has 1 N–H and O–H groups in total. The molecule has 0 atom stereocenters. The van der Waals surface area contributed by atoms with Crippen LogP contribution in [0, 0.1) is 10.5 Å². The largest absolute Gasteiger partial charge is 0.382 e. The molecule has 0 aliphatic rings. The third kappa shape index (κ3) is 2.62. The SMILES string of the molecule is Cc1ccc(I)cc1NCCF. The predicted octanol–water partition coefficient (Wildman–Crippen LogP) is 2.98. The highest BCUT2D eigenvalue weighted by molar-refractivity contribution is 14.1. The van der Waals surface area contributed by atoms with Crippen molar-refractivity contribution in [3.05, 3.63) is 27.3 Å². The van der Waals surface area contributed by atoms with Gasteiger partial charge in [0.1, 0.15) is 6.67 Å². The molecule has 12 heavy (non-hydrogen) atoms. The molecular weight excluding hydrogens is 268 g/mol. The van der Waals surface area contributed by atoms with Gasteiger partial charge in [-0.3, -0.25) is 0 Å². The lowest BCUT2D eigenvalue weighted by Crippen LogP contribution is -2.04. The van der Waals surface area contributed by atoms with E-state index in [2.05, 4.69) is 27.9 Å². The molecule has 1 nitrogen and oxygen atoms in total. The van der Waals surface area contributed by atoms with Crippen LogP contribution in [0.5, 0.6) is 0 Å². The number of hydrogen-bond donors (Lipinski definition) is 1. The topological polar surface area (TPSA) is 12.0 Å². The molecule has 0 spiro atoms. The number of hydrogen-bond acceptors (Lipinski definition) is 1. The molecule has 0 saturated carbocycles. The molecule has 0 bridgehead atoms. The Kier molecular flexibility index (Phi) is 3.78. The first-order chi connectivity index (χ1) is 5.74. The van der Waals surface area contributed by atoms with E-state index in [9.17, 15) is 4.39 Å². The van der Waals surface area contributed by atoms with Crippen LogP contribution in [0.2, 0.25) is 0 Å². The first-order valence-corrected chi connectivity index (χ1v) is 4.88. The van der Waals surface area contributed by atoms with Crippen LogP contribution in [-0.4, -0.2) is 13.2 Å². The van der Waals surface area contributed by atoms with E-state index in [1.54, 1.807) is 0 Å². The zero-order valence-corrected chi connectivity index (χ0v) is 9.06. The second-order valence-electron chi connectivity index (χ2n) is 2.58. The monoisotopic (exact) mass is 279 g/mol. The van der Waals surface area contributed by atoms with Gasteiger partial charge in [-0.25, -0.2) is 4.39 Å². The Morgan fingerprint density at radius 2 is 2.25 bits per heavy atom. The molecule has 1 aromatic carbocycles. The molecule has 0 fully saturated rings. The Morgan fingerprint density at radius 3 is 2.92 bits per heavy atom. The van der Waals surface area contributed by atoms with Crippen molar-refractivity contribution >= 4 is 28.3 Å². The lowest BCUT2D eigenvalue weighted by atomic mass is 10.2. The Morgan fingerprint density at radius 1 is 1.50 bits per heavy atom. The van der Waals surface area contributed by atoms with E-state index in [-0.39, 0.29) is 6.67 Å². The molecule has 0 amide bonds. The van der Waals surface area contributed by atoms with Crippen LogP contribution in [0.15, 0.2) is 18.2 Å². The van der Waals surface area contributed by atoms with Gasteiger partial charge in [0.25, 0.3) is 0 Å². The summed E-state index contributed by atoms with van der Waals surface area (Å²) < 4.78 is 13.0. The van der Waals surface area contributed by atoms with Gasteiger partial charge >= 0.3 is 0 Å². The molecule has 0 aromatic heterocycles. The average Bonchev–Trinajstić information content (AvgIpc) is 2.07. The molecule has 0 saturated heterocycles. The van der Waals surface area contributed by atoms with Crippen molar-refractivity contribution in [2.24, 2.45) is 0 Å². The van der Waals surface area contributed by atoms with Gasteiger partial charge in [0, 0.05) is 15.8 Å². The van der Waals surface area contributed by atoms with Crippen molar-refractivity contribution < 1.29 is 4.39 Å². The summed E-state index contributed by atoms with van der Waals surface area (Å²) in [7, 11) is 0. The number of alkyl halides is 1. The number of nitrogens with one attached hydrogen (secondary N) is 1. The van der Waals surface area contributed by atoms with Crippen LogP contribution in [0.25, 0.3) is 0 Å². The molecule has 66 valence electrons. The summed E-state index contributed by atoms with van der Waals surface area (Å²) in [6.07, 6.45) is 0. The summed E-state index contributed by atoms with van der Waals surface area (Å²) in [4.78, 5) is 0. The smallest absolute Gasteiger partial charge is 0.107 e. The highest BCUT2D eigenvalue weighted by Gasteiger charge is 1.96. The first-order valence-electron chi connectivity index (χ1n) is 3.80. The zero-order chi connectivity index (χ0) is 8.97. The van der Waals surface area contributed by atoms with Crippen LogP contribution < -0.4 is 5.32 Å². The molecule has 0 aliphatic heterocycles. The molecule has 1 aromatic rings. The van der Waals surface area contributed by atoms with Gasteiger partial charge in [0.2, 0.25) is 0 Å². The maximum Gasteiger partial charge on any atom is 0.107 e. The fourth-order valence-electron chi connectivity index (χ4n) is 0.967. The summed E-state index contributed by atoms with van der Waals surface area (Å²) in [5.74, 6) is 0. The number of benzene rings is 1. The second kappa shape index (κ2) is 4.64. The normalized spacial score (nSPS) is 9.92. The van der Waals surface area contributed by atoms with E-state index in [1.165, 1.54) is 3.57 Å². The lowest BCUT2D eigenvalue weighted by molar-refractivity contribution is 0.512. The molecular formula is C9H11FIN. The van der Waals surface area contributed by atoms with E-state index < -0.39 is 0 Å². The number of halogens is 2. The summed E-state index contributed by atoms with van der Waals surface area (Å²) in [6.45, 7) is 2.07. The van der Waals surface area contributed by atoms with E-state index in [0.29, 0.717) is 6.54 Å². The molecule has 0 unspecified atom stereocenters. The lowest BCUT2D eigenvalue weighted by Gasteiger charge is -2.07. The predicted molar refractivity (Wildman–Crippen MR) is 58.4 cm³/mol. The summed E-state index contributed by atoms with van der Waals surface area (Å²) in [6, 6.07) is 6.09. The van der Waals surface area contributed by atoms with E-state index in [0.717, 1.165) is 11.3 Å². The highest BCUT2D eigenvalue weighted by Crippen LogP contribution is 2.17. The molecule has 3 heteroatoms. The molecule has 0 heterocycles. The van der Waals surface area contributed by atoms with Crippen molar-refractivity contribution in [2.45, 2.75) is 6.92 Å². The van der Waals surface area contributed by atoms with Crippen molar-refractivity contribution in [1.29, 1.82) is 0 Å². The third-order valence-electron chi connectivity index (χ3n) is 1.61. The standard InChI is InChI=1S/C9H11FIN/c1-7-2-3-8(11)6-9(7)12-5-4-10/h2-3,6,12H,4-5H2,1H3. The Labute approximate surface area is 85.5 Å². The minimum Gasteiger partial charge on any atom is -0.382 e. The minimum atomic E-state index is -0.328. The van der Waals surface area contributed by atoms with Crippen molar-refractivity contribution in [1.82, 2.24) is 0 Å². The average molecular weight is 279 g/mol. The van der Waals surface area contributed by atoms with Gasteiger partial charge in [-0.2, -0.15) is 0 Å². The first kappa shape index (κ1) is 9.77. The molecule has 1 rings (SSSR count). The molecule has 0 radical (unpaired) electrons. The van der Waals surface area contributed by atoms with E-state index >= 15 is 0 Å². The molecule has 0 aliphatic carbocycles. The minimum absolute atomic E-state index is 0.328. The van der Waals surface area contributed by atoms with Gasteiger partial charge < -0.3 is 5.32 Å². The highest BCUT2D eigenvalue weighted by atomic mass is 127. The number of rotatable bonds is 3. The van der Waals surface area contributed by atoms with Crippen LogP contribution >= 0.6 is 22.6 Å². The van der Waals surface area contributed by atoms with Crippen molar-refractivity contribution in [2.75, 3.05) is 18.5 Å².